The van der Waals surface area contributed by atoms with E-state index in [9.17, 15) is 28.6 Å². The number of fused-ring (bicyclic) bond motifs is 12. The number of ketones is 2. The molecule has 75 heavy (non-hydrogen) atoms. The number of hydrogen-bond donors (Lipinski definition) is 3. The molecule has 8 fully saturated rings. The molecule has 12 nitrogen and oxygen atoms in total. The second-order valence-corrected chi connectivity index (χ2v) is 26.4. The summed E-state index contributed by atoms with van der Waals surface area (Å²) in [5, 5.41) is 34.4. The van der Waals surface area contributed by atoms with Crippen LogP contribution in [0.5, 0.6) is 0 Å². The lowest BCUT2D eigenvalue weighted by molar-refractivity contribution is -0.175. The number of alkyl halides is 1. The highest BCUT2D eigenvalue weighted by atomic mass is 79.9. The predicted octanol–water partition coefficient (Wildman–Crippen LogP) is 12.5. The van der Waals surface area contributed by atoms with Crippen molar-refractivity contribution in [3.8, 4) is 0 Å². The van der Waals surface area contributed by atoms with Crippen LogP contribution in [0.3, 0.4) is 0 Å². The van der Waals surface area contributed by atoms with Crippen LogP contribution in [-0.4, -0.2) is 95.7 Å². The van der Waals surface area contributed by atoms with Crippen LogP contribution in [0.1, 0.15) is 158 Å². The van der Waals surface area contributed by atoms with Gasteiger partial charge in [-0.05, 0) is 198 Å². The number of nitrogens with one attached hydrogen (secondary N) is 1. The topological polar surface area (TPSA) is 165 Å². The van der Waals surface area contributed by atoms with E-state index in [-0.39, 0.29) is 60.7 Å². The lowest BCUT2D eigenvalue weighted by Crippen LogP contribution is -2.58. The van der Waals surface area contributed by atoms with Gasteiger partial charge in [0, 0.05) is 55.2 Å². The summed E-state index contributed by atoms with van der Waals surface area (Å²) in [7, 11) is 3.69. The molecule has 12 rings (SSSR count). The molecule has 4 aromatic rings. The van der Waals surface area contributed by atoms with Crippen LogP contribution < -0.4 is 0 Å². The van der Waals surface area contributed by atoms with E-state index in [4.69, 9.17) is 9.47 Å². The van der Waals surface area contributed by atoms with Crippen molar-refractivity contribution in [3.05, 3.63) is 48.8 Å². The molecule has 8 saturated carbocycles. The Bertz CT molecular complexity index is 2640. The number of carbonyl (C=O) groups is 2. The Kier molecular flexibility index (Phi) is 17.1. The number of methoxy groups -OCH3 is 2. The summed E-state index contributed by atoms with van der Waals surface area (Å²) < 4.78 is 39.2. The van der Waals surface area contributed by atoms with Gasteiger partial charge in [-0.1, -0.05) is 44.6 Å². The molecule has 3 N–H and O–H groups in total. The number of aromatic nitrogens is 6. The van der Waals surface area contributed by atoms with E-state index in [2.05, 4.69) is 55.0 Å². The number of Topliss-reactive ketones (excluding diaryl/α,β-unsaturated/α-hetero) is 2. The molecule has 16 atom stereocenters. The molecule has 0 radical (unpaired) electrons. The second kappa shape index (κ2) is 22.1. The summed E-state index contributed by atoms with van der Waals surface area (Å²) in [5.74, 6) is 5.07. The van der Waals surface area contributed by atoms with Crippen molar-refractivity contribution in [2.75, 3.05) is 32.8 Å². The second-order valence-electron chi connectivity index (χ2n) is 25.8. The number of rotatable bonds is 9. The van der Waals surface area contributed by atoms with E-state index in [0.29, 0.717) is 63.4 Å². The fourth-order valence-corrected chi connectivity index (χ4v) is 19.2. The smallest absolute Gasteiger partial charge is 0.213 e. The van der Waals surface area contributed by atoms with E-state index < -0.39 is 23.1 Å². The van der Waals surface area contributed by atoms with Gasteiger partial charge in [-0.15, -0.1) is 0 Å². The Morgan fingerprint density at radius 1 is 0.667 bits per heavy atom. The third kappa shape index (κ3) is 10.5. The van der Waals surface area contributed by atoms with Crippen molar-refractivity contribution in [2.45, 2.75) is 176 Å². The number of ether oxygens (including phenoxy) is 2. The first kappa shape index (κ1) is 57.9. The van der Waals surface area contributed by atoms with Crippen LogP contribution >= 0.6 is 15.9 Å². The van der Waals surface area contributed by atoms with Gasteiger partial charge in [-0.2, -0.15) is 19.0 Å². The van der Waals surface area contributed by atoms with Crippen molar-refractivity contribution >= 4 is 49.3 Å². The maximum atomic E-state index is 13.6. The number of pyridine rings is 2. The van der Waals surface area contributed by atoms with Crippen LogP contribution in [0, 0.1) is 92.7 Å². The van der Waals surface area contributed by atoms with Gasteiger partial charge in [0.2, 0.25) is 11.9 Å². The van der Waals surface area contributed by atoms with E-state index in [1.165, 1.54) is 63.1 Å². The van der Waals surface area contributed by atoms with Gasteiger partial charge in [0.25, 0.3) is 0 Å². The number of hydrogen-bond acceptors (Lipinski definition) is 10. The number of H-pyrrole nitrogens is 1. The van der Waals surface area contributed by atoms with Gasteiger partial charge < -0.3 is 19.7 Å². The highest BCUT2D eigenvalue weighted by Crippen LogP contribution is 2.70. The molecule has 0 aliphatic heterocycles. The van der Waals surface area contributed by atoms with Gasteiger partial charge in [-0.25, -0.2) is 9.97 Å². The van der Waals surface area contributed by atoms with Gasteiger partial charge in [-0.3, -0.25) is 19.4 Å². The van der Waals surface area contributed by atoms with Crippen LogP contribution in [-0.2, 0) is 25.6 Å². The number of aromatic amines is 1. The first-order valence-electron chi connectivity index (χ1n) is 27.8. The molecule has 0 bridgehead atoms. The van der Waals surface area contributed by atoms with E-state index >= 15 is 0 Å². The van der Waals surface area contributed by atoms with Gasteiger partial charge in [0.15, 0.2) is 5.78 Å². The molecule has 0 spiro atoms. The van der Waals surface area contributed by atoms with Gasteiger partial charge >= 0.3 is 0 Å². The normalized spacial score (nSPS) is 40.3. The summed E-state index contributed by atoms with van der Waals surface area (Å²) in [5.41, 5.74) is 0.960. The predicted molar refractivity (Wildman–Crippen MR) is 293 cm³/mol. The molecule has 0 amide bonds. The zero-order valence-corrected chi connectivity index (χ0v) is 45.8. The average molecular weight is 1110 g/mol. The van der Waals surface area contributed by atoms with E-state index in [1.807, 2.05) is 28.1 Å². The molecular formula is C60H89BrF2N6O6. The Balaban J connectivity index is 0.000000168. The van der Waals surface area contributed by atoms with Crippen LogP contribution in [0.25, 0.3) is 21.8 Å². The Morgan fingerprint density at radius 3 is 1.69 bits per heavy atom. The number of carbonyl (C=O) groups excluding carboxylic acids is 2. The number of nitrogens with zero attached hydrogens (tertiary/aromatic N) is 5. The largest absolute Gasteiger partial charge is 0.390 e. The van der Waals surface area contributed by atoms with Crippen molar-refractivity contribution in [1.82, 2.24) is 29.9 Å². The first-order chi connectivity index (χ1) is 34.8. The molecule has 0 aromatic carbocycles. The van der Waals surface area contributed by atoms with Crippen LogP contribution in [0.4, 0.5) is 8.78 Å². The van der Waals surface area contributed by atoms with Crippen molar-refractivity contribution in [2.24, 2.45) is 80.8 Å². The molecule has 0 unspecified atom stereocenters. The zero-order valence-electron chi connectivity index (χ0n) is 44.2. The van der Waals surface area contributed by atoms with Gasteiger partial charge in [0.05, 0.1) is 60.4 Å². The maximum absolute atomic E-state index is 13.6. The third-order valence-electron chi connectivity index (χ3n) is 22.1. The summed E-state index contributed by atoms with van der Waals surface area (Å²) >= 11 is 3.43. The summed E-state index contributed by atoms with van der Waals surface area (Å²) in [4.78, 5) is 33.4. The molecular weight excluding hydrogens is 1020 g/mol. The van der Waals surface area contributed by atoms with E-state index in [0.717, 1.165) is 107 Å². The lowest BCUT2D eigenvalue weighted by Gasteiger charge is -2.62. The SMILES string of the molecule is C.C.COC[C@]12CC[C@@](C)(O)C[C@@H]1CC[C@H]1[C@@H]3CC[C@H](C(=O)CBr)[C@@]3(C)CC[C@@H]12.COC[C@]12CC[C@@](C)(O)C[C@@H]1CC[C@H]1[C@@H]3CC[C@H](C(=O)Cn4cc5cc(F)ncc5n4)[C@@]3(C)CC[C@@H]12.Fc1cc2cn[nH]c2cn1. The fraction of sp³-hybridized carbons (Fsp3) is 0.767. The zero-order chi connectivity index (χ0) is 51.7. The van der Waals surface area contributed by atoms with Crippen molar-refractivity contribution < 1.29 is 38.1 Å². The molecule has 4 aromatic heterocycles. The monoisotopic (exact) mass is 1110 g/mol. The molecule has 0 saturated heterocycles. The standard InChI is InChI=1S/C29H40FN3O3.C23H37BrO3.C6H4FN3.2CH4/c1-27(35)10-11-29(17-36-3)19(13-27)4-5-20-21-6-7-23(28(21,2)9-8-22(20)29)25(34)16-33-15-18-12-26(30)31-14-24(18)32-33;1-21(26)10-11-23(14-27-3)15(12-21)4-5-16-17-6-7-19(20(25)13-24)22(17,2)9-8-18(16)23;7-6-1-4-2-9-10-5(4)3-8-6;;/h12,14-15,19-23,35H,4-11,13,16-17H2,1-3H3;15-19,26H,4-14H2,1-3H3;1-3H,(H,9,10);2*1H4/t19-,20-,21-,22-,23+,27+,28-,29+;15-,16-,17-,18-,19+,21+,22-,23+;;;/m00.../s1. The quantitative estimate of drug-likeness (QED) is 0.108. The molecule has 416 valence electrons. The highest BCUT2D eigenvalue weighted by molar-refractivity contribution is 9.09. The molecule has 4 heterocycles. The highest BCUT2D eigenvalue weighted by Gasteiger charge is 2.65. The molecule has 8 aliphatic rings. The Hall–Kier alpha value is -3.24. The minimum atomic E-state index is -0.554. The summed E-state index contributed by atoms with van der Waals surface area (Å²) in [6.45, 7) is 10.7. The Labute approximate surface area is 453 Å². The molecule has 8 aliphatic carbocycles. The van der Waals surface area contributed by atoms with Crippen molar-refractivity contribution in [1.29, 1.82) is 0 Å². The van der Waals surface area contributed by atoms with Crippen molar-refractivity contribution in [3.63, 3.8) is 0 Å². The number of halogens is 3. The molecule has 15 heteroatoms. The summed E-state index contributed by atoms with van der Waals surface area (Å²) in [6.07, 6.45) is 25.8. The third-order valence-corrected chi connectivity index (χ3v) is 22.6. The van der Waals surface area contributed by atoms with Crippen LogP contribution in [0.15, 0.2) is 36.9 Å². The summed E-state index contributed by atoms with van der Waals surface area (Å²) in [6, 6.07) is 2.70. The Morgan fingerprint density at radius 2 is 1.17 bits per heavy atom. The maximum Gasteiger partial charge on any atom is 0.213 e. The average Bonchev–Trinajstić information content (AvgIpc) is 4.15. The fourth-order valence-electron chi connectivity index (χ4n) is 18.8. The van der Waals surface area contributed by atoms with E-state index in [1.54, 1.807) is 17.1 Å². The van der Waals surface area contributed by atoms with Crippen LogP contribution in [0.2, 0.25) is 0 Å². The van der Waals surface area contributed by atoms with Gasteiger partial charge in [0.1, 0.15) is 11.3 Å². The lowest BCUT2D eigenvalue weighted by atomic mass is 9.43. The minimum Gasteiger partial charge on any atom is -0.390 e. The first-order valence-corrected chi connectivity index (χ1v) is 28.9. The minimum absolute atomic E-state index is 0. The number of aliphatic hydroxyl groups is 2.